The molecule has 0 saturated carbocycles. The minimum Gasteiger partial charge on any atom is -0.550 e. The van der Waals surface area contributed by atoms with Gasteiger partial charge in [0.15, 0.2) is 0 Å². The van der Waals surface area contributed by atoms with Crippen molar-refractivity contribution in [2.24, 2.45) is 0 Å². The van der Waals surface area contributed by atoms with Crippen molar-refractivity contribution in [1.82, 2.24) is 16.0 Å². The van der Waals surface area contributed by atoms with Crippen molar-refractivity contribution in [3.63, 3.8) is 0 Å². The van der Waals surface area contributed by atoms with Gasteiger partial charge in [0, 0.05) is 37.0 Å². The average Bonchev–Trinajstić information content (AvgIpc) is 3.15. The number of amides is 3. The normalized spacial score (nSPS) is 20.0. The maximum absolute atomic E-state index is 13.4. The van der Waals surface area contributed by atoms with E-state index in [1.54, 1.807) is 24.3 Å². The molecule has 1 aliphatic heterocycles. The summed E-state index contributed by atoms with van der Waals surface area (Å²) in [6, 6.07) is 19.6. The van der Waals surface area contributed by atoms with Gasteiger partial charge in [-0.15, -0.1) is 0 Å². The second kappa shape index (κ2) is 23.0. The van der Waals surface area contributed by atoms with Crippen LogP contribution in [0.3, 0.4) is 0 Å². The molecule has 3 aromatic carbocycles. The molecular weight excluding hydrogens is 736 g/mol. The van der Waals surface area contributed by atoms with E-state index in [-0.39, 0.29) is 96.1 Å². The number of methoxy groups -OCH3 is 1. The van der Waals surface area contributed by atoms with Crippen LogP contribution >= 0.6 is 0 Å². The quantitative estimate of drug-likeness (QED) is 0.0600. The van der Waals surface area contributed by atoms with Crippen LogP contribution < -0.4 is 90.0 Å². The molecule has 284 valence electrons. The van der Waals surface area contributed by atoms with Gasteiger partial charge in [0.1, 0.15) is 23.9 Å². The van der Waals surface area contributed by atoms with E-state index in [1.165, 1.54) is 31.4 Å². The summed E-state index contributed by atoms with van der Waals surface area (Å²) in [4.78, 5) is 62.3. The van der Waals surface area contributed by atoms with E-state index >= 15 is 0 Å². The molecule has 1 saturated heterocycles. The third kappa shape index (κ3) is 13.7. The molecule has 0 aromatic heterocycles. The average molecular weight is 780 g/mol. The number of carboxylic acid groups (broad SMARTS) is 2. The molecule has 5 N–H and O–H groups in total. The van der Waals surface area contributed by atoms with Crippen LogP contribution in [0.2, 0.25) is 0 Å². The zero-order valence-corrected chi connectivity index (χ0v) is 35.3. The van der Waals surface area contributed by atoms with Gasteiger partial charge in [0.05, 0.1) is 31.9 Å². The Morgan fingerprint density at radius 2 is 1.44 bits per heavy atom. The fraction of sp³-hybridized carbons (Fsp3) is 0.395. The van der Waals surface area contributed by atoms with Gasteiger partial charge in [-0.2, -0.15) is 0 Å². The van der Waals surface area contributed by atoms with Crippen molar-refractivity contribution in [2.45, 2.75) is 75.2 Å². The van der Waals surface area contributed by atoms with Crippen molar-refractivity contribution in [2.75, 3.05) is 20.3 Å². The molecule has 3 amide bonds. The number of carboxylic acids is 2. The number of aliphatic hydroxyl groups excluding tert-OH is 2. The number of hydrogen-bond acceptors (Lipinski definition) is 12. The van der Waals surface area contributed by atoms with Crippen molar-refractivity contribution >= 4 is 29.7 Å². The zero-order chi connectivity index (χ0) is 38.5. The third-order valence-corrected chi connectivity index (χ3v) is 8.77. The molecule has 15 nitrogen and oxygen atoms in total. The number of aliphatic hydroxyl groups is 2. The number of carbonyl (C=O) groups is 5. The second-order valence-corrected chi connectivity index (χ2v) is 12.6. The van der Waals surface area contributed by atoms with E-state index in [9.17, 15) is 44.4 Å². The molecule has 1 aliphatic rings. The minimum absolute atomic E-state index is 0. The molecule has 1 fully saturated rings. The first kappa shape index (κ1) is 47.8. The van der Waals surface area contributed by atoms with Gasteiger partial charge < -0.3 is 60.2 Å². The predicted molar refractivity (Wildman–Crippen MR) is 185 cm³/mol. The van der Waals surface area contributed by atoms with Crippen molar-refractivity contribution in [3.8, 4) is 16.9 Å². The second-order valence-electron chi connectivity index (χ2n) is 12.6. The number of hydrogen-bond donors (Lipinski definition) is 5. The first-order valence-corrected chi connectivity index (χ1v) is 17.1. The predicted octanol–water partition coefficient (Wildman–Crippen LogP) is -6.31. The Hall–Kier alpha value is -3.35. The maximum Gasteiger partial charge on any atom is 1.00 e. The summed E-state index contributed by atoms with van der Waals surface area (Å²) in [7, 11) is 1.45. The Morgan fingerprint density at radius 1 is 0.836 bits per heavy atom. The first-order chi connectivity index (χ1) is 25.3. The number of nitrogens with one attached hydrogen (secondary N) is 3. The van der Waals surface area contributed by atoms with Crippen molar-refractivity contribution in [3.05, 3.63) is 90.0 Å². The van der Waals surface area contributed by atoms with Crippen LogP contribution in [-0.2, 0) is 23.9 Å². The molecule has 0 aliphatic carbocycles. The molecule has 55 heavy (non-hydrogen) atoms. The molecule has 0 radical (unpaired) electrons. The van der Waals surface area contributed by atoms with Crippen LogP contribution in [0.25, 0.3) is 11.1 Å². The van der Waals surface area contributed by atoms with E-state index in [2.05, 4.69) is 16.0 Å². The monoisotopic (exact) mass is 779 g/mol. The Labute approximate surface area is 363 Å². The van der Waals surface area contributed by atoms with Crippen LogP contribution in [0.5, 0.6) is 5.75 Å². The van der Waals surface area contributed by atoms with E-state index in [4.69, 9.17) is 14.2 Å². The number of aliphatic carboxylic acids is 2. The Bertz CT molecular complexity index is 1720. The standard InChI is InChI=1S/C38H45N3O12.2Na/c1-23(42)40-32-29(41-36(48)27-16-18-28(51-2)19-17-27)21-38(37(49)50,52-20-8-4-7-11-31(44)45)53-34(32)33(46)30(43)22-39-35(47)26-14-12-25(13-15-26)24-9-5-3-6-10-24;;/h3,5-6,9-10,12-19,29-30,32-34,43,46H,4,7-8,11,20-22H2,1-2H3,(H,39,47)(H,40,42)(H,41,48)(H,44,45)(H,49,50);;/q;2*+1/p-2/t29-,30+,32+,33+,34+,38+;;/m0../s1. The van der Waals surface area contributed by atoms with E-state index < -0.39 is 78.8 Å². The number of ether oxygens (including phenoxy) is 3. The fourth-order valence-corrected chi connectivity index (χ4v) is 5.97. The summed E-state index contributed by atoms with van der Waals surface area (Å²) in [6.45, 7) is 0.387. The molecule has 4 rings (SSSR count). The molecule has 3 aromatic rings. The van der Waals surface area contributed by atoms with E-state index in [1.807, 2.05) is 30.3 Å². The number of rotatable bonds is 18. The molecule has 0 spiro atoms. The van der Waals surface area contributed by atoms with Crippen molar-refractivity contribution < 1.29 is 118 Å². The third-order valence-electron chi connectivity index (χ3n) is 8.77. The summed E-state index contributed by atoms with van der Waals surface area (Å²) in [6.07, 6.45) is -5.49. The number of unbranched alkanes of at least 4 members (excludes halogenated alkanes) is 2. The molecule has 0 bridgehead atoms. The van der Waals surface area contributed by atoms with E-state index in [0.29, 0.717) is 12.2 Å². The van der Waals surface area contributed by atoms with Crippen LogP contribution in [0.1, 0.15) is 59.7 Å². The summed E-state index contributed by atoms with van der Waals surface area (Å²) >= 11 is 0. The topological polar surface area (TPSA) is 236 Å². The molecule has 1 heterocycles. The maximum atomic E-state index is 13.4. The van der Waals surface area contributed by atoms with Crippen molar-refractivity contribution in [1.29, 1.82) is 0 Å². The summed E-state index contributed by atoms with van der Waals surface area (Å²) in [5.41, 5.74) is 2.25. The molecule has 6 atom stereocenters. The Morgan fingerprint density at radius 3 is 2.02 bits per heavy atom. The van der Waals surface area contributed by atoms with Gasteiger partial charge in [-0.3, -0.25) is 14.4 Å². The minimum atomic E-state index is -2.60. The number of carbonyl (C=O) groups excluding carboxylic acids is 5. The van der Waals surface area contributed by atoms with Crippen LogP contribution in [0.4, 0.5) is 0 Å². The van der Waals surface area contributed by atoms with E-state index in [0.717, 1.165) is 18.1 Å². The van der Waals surface area contributed by atoms with Crippen LogP contribution in [0.15, 0.2) is 78.9 Å². The number of benzene rings is 3. The smallest absolute Gasteiger partial charge is 0.550 e. The van der Waals surface area contributed by atoms with Gasteiger partial charge >= 0.3 is 59.1 Å². The van der Waals surface area contributed by atoms with Crippen LogP contribution in [0, 0.1) is 0 Å². The Kier molecular flexibility index (Phi) is 20.0. The molecule has 17 heteroatoms. The molecule has 0 unspecified atom stereocenters. The Balaban J connectivity index is 0.00000523. The van der Waals surface area contributed by atoms with Gasteiger partial charge in [-0.1, -0.05) is 48.9 Å². The fourth-order valence-electron chi connectivity index (χ4n) is 5.97. The van der Waals surface area contributed by atoms with Gasteiger partial charge in [0.2, 0.25) is 11.7 Å². The van der Waals surface area contributed by atoms with Gasteiger partial charge in [-0.05, 0) is 66.8 Å². The largest absolute Gasteiger partial charge is 1.00 e. The summed E-state index contributed by atoms with van der Waals surface area (Å²) < 4.78 is 16.7. The zero-order valence-electron chi connectivity index (χ0n) is 31.3. The molecular formula is C38H43N3Na2O12. The summed E-state index contributed by atoms with van der Waals surface area (Å²) in [5.74, 6) is -7.11. The first-order valence-electron chi connectivity index (χ1n) is 17.1. The SMILES string of the molecule is COc1ccc(C(=O)N[C@H]2C[C@](OCCCCCC(=O)[O-])(C(=O)[O-])O[C@@H]([C@H](O)[C@H](O)CNC(=O)c3ccc(-c4ccccc4)cc3)[C@@H]2NC(C)=O)cc1.[Na+].[Na+]. The van der Waals surface area contributed by atoms with Gasteiger partial charge in [-0.25, -0.2) is 0 Å². The summed E-state index contributed by atoms with van der Waals surface area (Å²) in [5, 5.41) is 53.9. The van der Waals surface area contributed by atoms with Gasteiger partial charge in [0.25, 0.3) is 11.8 Å². The van der Waals surface area contributed by atoms with Crippen LogP contribution in [-0.4, -0.2) is 96.3 Å².